The van der Waals surface area contributed by atoms with Crippen LogP contribution in [0.25, 0.3) is 0 Å². The van der Waals surface area contributed by atoms with E-state index in [2.05, 4.69) is 0 Å². The van der Waals surface area contributed by atoms with Crippen LogP contribution in [0.15, 0.2) is 18.2 Å². The zero-order chi connectivity index (χ0) is 11.6. The fraction of sp³-hybridized carbons (Fsp3) is 0.400. The maximum Gasteiger partial charge on any atom is 0.417 e. The molecule has 0 saturated carbocycles. The van der Waals surface area contributed by atoms with Gasteiger partial charge >= 0.3 is 6.18 Å². The highest BCUT2D eigenvalue weighted by Crippen LogP contribution is 2.35. The number of aliphatic hydroxyl groups is 1. The molecule has 1 aromatic carbocycles. The predicted octanol–water partition coefficient (Wildman–Crippen LogP) is 3.80. The van der Waals surface area contributed by atoms with Crippen LogP contribution in [0.1, 0.15) is 30.6 Å². The molecule has 0 spiro atoms. The highest BCUT2D eigenvalue weighted by molar-refractivity contribution is 6.31. The lowest BCUT2D eigenvalue weighted by Crippen LogP contribution is -2.06. The molecule has 1 nitrogen and oxygen atoms in total. The topological polar surface area (TPSA) is 20.2 Å². The van der Waals surface area contributed by atoms with Crippen LogP contribution in [0.2, 0.25) is 5.02 Å². The maximum absolute atomic E-state index is 12.3. The minimum absolute atomic E-state index is 0.382. The summed E-state index contributed by atoms with van der Waals surface area (Å²) in [4.78, 5) is 0. The minimum atomic E-state index is -4.45. The van der Waals surface area contributed by atoms with Gasteiger partial charge in [-0.05, 0) is 24.1 Å². The summed E-state index contributed by atoms with van der Waals surface area (Å²) in [6, 6.07) is 3.28. The summed E-state index contributed by atoms with van der Waals surface area (Å²) in [7, 11) is 0. The van der Waals surface area contributed by atoms with Gasteiger partial charge in [-0.1, -0.05) is 24.6 Å². The van der Waals surface area contributed by atoms with Crippen molar-refractivity contribution in [3.63, 3.8) is 0 Å². The normalized spacial score (nSPS) is 14.0. The van der Waals surface area contributed by atoms with Gasteiger partial charge in [-0.15, -0.1) is 0 Å². The van der Waals surface area contributed by atoms with Gasteiger partial charge in [0.1, 0.15) is 0 Å². The molecule has 1 atom stereocenters. The molecular weight excluding hydrogens is 229 g/mol. The van der Waals surface area contributed by atoms with Crippen LogP contribution in [-0.2, 0) is 6.18 Å². The SMILES string of the molecule is CCC(O)c1ccc(C(F)(F)F)c(Cl)c1. The zero-order valence-electron chi connectivity index (χ0n) is 7.98. The number of hydrogen-bond donors (Lipinski definition) is 1. The second-order valence-corrected chi connectivity index (χ2v) is 3.57. The molecule has 0 saturated heterocycles. The summed E-state index contributed by atoms with van der Waals surface area (Å²) in [5.41, 5.74) is -0.480. The molecule has 1 unspecified atom stereocenters. The Labute approximate surface area is 90.5 Å². The summed E-state index contributed by atoms with van der Waals surface area (Å²) in [5.74, 6) is 0. The van der Waals surface area contributed by atoms with Gasteiger partial charge in [0.2, 0.25) is 0 Å². The van der Waals surface area contributed by atoms with Crippen LogP contribution in [0.3, 0.4) is 0 Å². The summed E-state index contributed by atoms with van der Waals surface area (Å²) >= 11 is 5.48. The van der Waals surface area contributed by atoms with E-state index in [1.54, 1.807) is 6.92 Å². The molecule has 0 aromatic heterocycles. The highest BCUT2D eigenvalue weighted by atomic mass is 35.5. The Morgan fingerprint density at radius 3 is 2.40 bits per heavy atom. The van der Waals surface area contributed by atoms with Crippen molar-refractivity contribution in [2.45, 2.75) is 25.6 Å². The number of hydrogen-bond acceptors (Lipinski definition) is 1. The van der Waals surface area contributed by atoms with Crippen molar-refractivity contribution in [2.24, 2.45) is 0 Å². The lowest BCUT2D eigenvalue weighted by atomic mass is 10.1. The molecule has 1 rings (SSSR count). The monoisotopic (exact) mass is 238 g/mol. The first-order chi connectivity index (χ1) is 6.86. The Bertz CT molecular complexity index is 349. The van der Waals surface area contributed by atoms with E-state index in [0.717, 1.165) is 12.1 Å². The molecule has 0 heterocycles. The molecule has 15 heavy (non-hydrogen) atoms. The fourth-order valence-corrected chi connectivity index (χ4v) is 1.50. The van der Waals surface area contributed by atoms with E-state index in [1.165, 1.54) is 6.07 Å². The Kier molecular flexibility index (Phi) is 3.62. The Balaban J connectivity index is 3.09. The highest BCUT2D eigenvalue weighted by Gasteiger charge is 2.33. The molecule has 0 fully saturated rings. The molecule has 0 amide bonds. The first-order valence-electron chi connectivity index (χ1n) is 4.41. The lowest BCUT2D eigenvalue weighted by Gasteiger charge is -2.12. The van der Waals surface area contributed by atoms with E-state index < -0.39 is 17.8 Å². The molecule has 84 valence electrons. The number of aliphatic hydroxyl groups excluding tert-OH is 1. The molecule has 0 aliphatic carbocycles. The largest absolute Gasteiger partial charge is 0.417 e. The third-order valence-corrected chi connectivity index (χ3v) is 2.38. The van der Waals surface area contributed by atoms with E-state index >= 15 is 0 Å². The van der Waals surface area contributed by atoms with Gasteiger partial charge in [-0.3, -0.25) is 0 Å². The van der Waals surface area contributed by atoms with Crippen molar-refractivity contribution >= 4 is 11.6 Å². The molecular formula is C10H10ClF3O. The van der Waals surface area contributed by atoms with Gasteiger partial charge in [0.25, 0.3) is 0 Å². The number of halogens is 4. The molecule has 1 aromatic rings. The minimum Gasteiger partial charge on any atom is -0.388 e. The molecule has 0 bridgehead atoms. The van der Waals surface area contributed by atoms with Crippen LogP contribution >= 0.6 is 11.6 Å². The third-order valence-electron chi connectivity index (χ3n) is 2.07. The van der Waals surface area contributed by atoms with Gasteiger partial charge in [-0.25, -0.2) is 0 Å². The summed E-state index contributed by atoms with van der Waals surface area (Å²) in [6.07, 6.45) is -4.79. The van der Waals surface area contributed by atoms with Crippen molar-refractivity contribution < 1.29 is 18.3 Å². The van der Waals surface area contributed by atoms with Crippen molar-refractivity contribution in [3.05, 3.63) is 34.3 Å². The lowest BCUT2D eigenvalue weighted by molar-refractivity contribution is -0.137. The average molecular weight is 239 g/mol. The smallest absolute Gasteiger partial charge is 0.388 e. The van der Waals surface area contributed by atoms with E-state index in [-0.39, 0.29) is 5.02 Å². The third kappa shape index (κ3) is 2.86. The average Bonchev–Trinajstić information content (AvgIpc) is 2.14. The number of benzene rings is 1. The predicted molar refractivity (Wildman–Crippen MR) is 51.7 cm³/mol. The molecule has 0 aliphatic heterocycles. The number of rotatable bonds is 2. The van der Waals surface area contributed by atoms with Crippen molar-refractivity contribution in [1.29, 1.82) is 0 Å². The molecule has 1 N–H and O–H groups in total. The Morgan fingerprint density at radius 2 is 2.00 bits per heavy atom. The second-order valence-electron chi connectivity index (χ2n) is 3.16. The Hall–Kier alpha value is -0.740. The number of alkyl halides is 3. The van der Waals surface area contributed by atoms with Crippen LogP contribution in [-0.4, -0.2) is 5.11 Å². The summed E-state index contributed by atoms with van der Waals surface area (Å²) < 4.78 is 36.9. The molecule has 0 aliphatic rings. The van der Waals surface area contributed by atoms with Crippen molar-refractivity contribution in [3.8, 4) is 0 Å². The molecule has 0 radical (unpaired) electrons. The van der Waals surface area contributed by atoms with E-state index in [4.69, 9.17) is 11.6 Å². The first kappa shape index (κ1) is 12.3. The fourth-order valence-electron chi connectivity index (χ4n) is 1.20. The van der Waals surface area contributed by atoms with E-state index in [1.807, 2.05) is 0 Å². The van der Waals surface area contributed by atoms with Crippen molar-refractivity contribution in [2.75, 3.05) is 0 Å². The van der Waals surface area contributed by atoms with Gasteiger partial charge in [0.15, 0.2) is 0 Å². The standard InChI is InChI=1S/C10H10ClF3O/c1-2-9(15)6-3-4-7(8(11)5-6)10(12,13)14/h3-5,9,15H,2H2,1H3. The van der Waals surface area contributed by atoms with Crippen LogP contribution in [0, 0.1) is 0 Å². The Morgan fingerprint density at radius 1 is 1.40 bits per heavy atom. The van der Waals surface area contributed by atoms with Gasteiger partial charge < -0.3 is 5.11 Å². The maximum atomic E-state index is 12.3. The summed E-state index contributed by atoms with van der Waals surface area (Å²) in [6.45, 7) is 1.73. The van der Waals surface area contributed by atoms with E-state index in [0.29, 0.717) is 12.0 Å². The van der Waals surface area contributed by atoms with Crippen LogP contribution in [0.4, 0.5) is 13.2 Å². The summed E-state index contributed by atoms with van der Waals surface area (Å²) in [5, 5.41) is 9.03. The van der Waals surface area contributed by atoms with Gasteiger partial charge in [0.05, 0.1) is 16.7 Å². The zero-order valence-corrected chi connectivity index (χ0v) is 8.73. The van der Waals surface area contributed by atoms with E-state index in [9.17, 15) is 18.3 Å². The van der Waals surface area contributed by atoms with Gasteiger partial charge in [0, 0.05) is 0 Å². The first-order valence-corrected chi connectivity index (χ1v) is 4.78. The quantitative estimate of drug-likeness (QED) is 0.831. The van der Waals surface area contributed by atoms with Gasteiger partial charge in [-0.2, -0.15) is 13.2 Å². The van der Waals surface area contributed by atoms with Crippen molar-refractivity contribution in [1.82, 2.24) is 0 Å². The molecule has 5 heteroatoms. The van der Waals surface area contributed by atoms with Crippen LogP contribution < -0.4 is 0 Å². The van der Waals surface area contributed by atoms with Crippen LogP contribution in [0.5, 0.6) is 0 Å². The second kappa shape index (κ2) is 4.41.